The Bertz CT molecular complexity index is 1040. The van der Waals surface area contributed by atoms with Gasteiger partial charge in [0, 0.05) is 19.3 Å². The Labute approximate surface area is 371 Å². The summed E-state index contributed by atoms with van der Waals surface area (Å²) in [5.41, 5.74) is 0. The molecule has 0 aromatic rings. The van der Waals surface area contributed by atoms with E-state index in [1.807, 2.05) is 21.1 Å². The molecule has 0 aromatic carbocycles. The van der Waals surface area contributed by atoms with Gasteiger partial charge in [-0.25, -0.2) is 4.79 Å². The van der Waals surface area contributed by atoms with E-state index in [-0.39, 0.29) is 36.2 Å². The highest BCUT2D eigenvalue weighted by Crippen LogP contribution is 2.16. The summed E-state index contributed by atoms with van der Waals surface area (Å²) in [6.45, 7) is 4.74. The summed E-state index contributed by atoms with van der Waals surface area (Å²) in [7, 11) is 5.53. The highest BCUT2D eigenvalue weighted by Gasteiger charge is 2.31. The van der Waals surface area contributed by atoms with Gasteiger partial charge < -0.3 is 23.8 Å². The molecule has 2 atom stereocenters. The zero-order valence-corrected chi connectivity index (χ0v) is 40.2. The minimum Gasteiger partial charge on any atom is -0.477 e. The smallest absolute Gasteiger partial charge is 0.362 e. The standard InChI is InChI=1S/C52H97NO7/c1-6-8-10-12-14-16-18-20-22-24-25-26-27-29-31-33-35-37-39-41-43-51(55)60-48(46-58-45-44-49(52(56)57)53(3,4)5)47-59-50(54)42-40-38-36-34-32-30-28-23-21-19-17-15-13-11-9-7-2/h23,28,30,32,48-49H,6-22,24-27,29,31,33-47H2,1-5H3/p+1/b28-23+,32-30+. The van der Waals surface area contributed by atoms with E-state index in [4.69, 9.17) is 14.2 Å². The second-order valence-corrected chi connectivity index (χ2v) is 18.5. The van der Waals surface area contributed by atoms with E-state index in [1.54, 1.807) is 0 Å². The number of ether oxygens (including phenoxy) is 3. The van der Waals surface area contributed by atoms with Crippen molar-refractivity contribution in [3.63, 3.8) is 0 Å². The van der Waals surface area contributed by atoms with Crippen molar-refractivity contribution in [3.8, 4) is 0 Å². The fourth-order valence-electron chi connectivity index (χ4n) is 7.67. The molecule has 0 heterocycles. The Hall–Kier alpha value is -2.19. The molecular weight excluding hydrogens is 751 g/mol. The minimum absolute atomic E-state index is 0.0571. The first kappa shape index (κ1) is 57.8. The predicted molar refractivity (Wildman–Crippen MR) is 252 cm³/mol. The first-order chi connectivity index (χ1) is 29.1. The molecule has 0 aliphatic rings. The molecule has 0 rings (SSSR count). The number of unbranched alkanes of at least 4 members (excludes halogenated alkanes) is 29. The zero-order chi connectivity index (χ0) is 44.2. The van der Waals surface area contributed by atoms with E-state index < -0.39 is 18.1 Å². The molecule has 8 heteroatoms. The van der Waals surface area contributed by atoms with Crippen molar-refractivity contribution in [2.75, 3.05) is 41.0 Å². The maximum atomic E-state index is 12.8. The Kier molecular flexibility index (Phi) is 41.9. The molecule has 0 saturated heterocycles. The van der Waals surface area contributed by atoms with E-state index in [1.165, 1.54) is 154 Å². The van der Waals surface area contributed by atoms with Crippen molar-refractivity contribution in [1.29, 1.82) is 0 Å². The van der Waals surface area contributed by atoms with Crippen LogP contribution in [0.2, 0.25) is 0 Å². The summed E-state index contributed by atoms with van der Waals surface area (Å²) >= 11 is 0. The van der Waals surface area contributed by atoms with Crippen LogP contribution in [-0.4, -0.2) is 80.6 Å². The van der Waals surface area contributed by atoms with Gasteiger partial charge in [-0.1, -0.05) is 205 Å². The SMILES string of the molecule is CCCCCCCCC/C=C/C=C/CCCCCC(=O)OCC(COCCC(C(=O)O)[N+](C)(C)C)OC(=O)CCCCCCCCCCCCCCCCCCCCCC. The molecule has 0 bridgehead atoms. The highest BCUT2D eigenvalue weighted by atomic mass is 16.6. The quantitative estimate of drug-likeness (QED) is 0.0282. The molecule has 2 unspecified atom stereocenters. The molecule has 1 N–H and O–H groups in total. The number of allylic oxidation sites excluding steroid dienone is 4. The number of nitrogens with zero attached hydrogens (tertiary/aromatic N) is 1. The second kappa shape index (κ2) is 43.5. The molecule has 352 valence electrons. The van der Waals surface area contributed by atoms with Crippen LogP contribution in [0.5, 0.6) is 0 Å². The van der Waals surface area contributed by atoms with Crippen LogP contribution in [0.3, 0.4) is 0 Å². The number of hydrogen-bond acceptors (Lipinski definition) is 6. The van der Waals surface area contributed by atoms with Crippen LogP contribution >= 0.6 is 0 Å². The fourth-order valence-corrected chi connectivity index (χ4v) is 7.67. The van der Waals surface area contributed by atoms with Gasteiger partial charge in [-0.2, -0.15) is 0 Å². The first-order valence-electron chi connectivity index (χ1n) is 25.4. The Morgan fingerprint density at radius 1 is 0.500 bits per heavy atom. The molecule has 0 aromatic heterocycles. The van der Waals surface area contributed by atoms with Crippen LogP contribution in [0.25, 0.3) is 0 Å². The summed E-state index contributed by atoms with van der Waals surface area (Å²) in [5.74, 6) is -1.48. The highest BCUT2D eigenvalue weighted by molar-refractivity contribution is 5.72. The van der Waals surface area contributed by atoms with E-state index in [0.717, 1.165) is 51.4 Å². The van der Waals surface area contributed by atoms with Crippen LogP contribution < -0.4 is 0 Å². The largest absolute Gasteiger partial charge is 0.477 e. The van der Waals surface area contributed by atoms with Gasteiger partial charge in [-0.15, -0.1) is 0 Å². The lowest BCUT2D eigenvalue weighted by Crippen LogP contribution is -2.50. The number of hydrogen-bond donors (Lipinski definition) is 1. The number of quaternary nitrogens is 1. The van der Waals surface area contributed by atoms with Gasteiger partial charge >= 0.3 is 17.9 Å². The van der Waals surface area contributed by atoms with Crippen LogP contribution in [0, 0.1) is 0 Å². The lowest BCUT2D eigenvalue weighted by Gasteiger charge is -2.31. The first-order valence-corrected chi connectivity index (χ1v) is 25.4. The Balaban J connectivity index is 4.26. The number of carboxylic acid groups (broad SMARTS) is 1. The predicted octanol–water partition coefficient (Wildman–Crippen LogP) is 14.4. The van der Waals surface area contributed by atoms with Crippen molar-refractivity contribution in [2.45, 2.75) is 251 Å². The molecule has 60 heavy (non-hydrogen) atoms. The zero-order valence-electron chi connectivity index (χ0n) is 40.2. The van der Waals surface area contributed by atoms with E-state index in [2.05, 4.69) is 38.2 Å². The third-order valence-corrected chi connectivity index (χ3v) is 11.6. The molecule has 0 aliphatic carbocycles. The third kappa shape index (κ3) is 41.2. The molecular formula is C52H98NO7+. The van der Waals surface area contributed by atoms with Gasteiger partial charge in [0.2, 0.25) is 0 Å². The Morgan fingerprint density at radius 3 is 1.27 bits per heavy atom. The number of carboxylic acids is 1. The molecule has 0 amide bonds. The number of carbonyl (C=O) groups excluding carboxylic acids is 2. The summed E-state index contributed by atoms with van der Waals surface area (Å²) in [6, 6.07) is -0.616. The summed E-state index contributed by atoms with van der Waals surface area (Å²) in [5, 5.41) is 9.64. The van der Waals surface area contributed by atoms with Crippen molar-refractivity contribution in [2.24, 2.45) is 0 Å². The molecule has 0 spiro atoms. The number of rotatable bonds is 46. The maximum Gasteiger partial charge on any atom is 0.362 e. The lowest BCUT2D eigenvalue weighted by molar-refractivity contribution is -0.887. The van der Waals surface area contributed by atoms with Crippen molar-refractivity contribution < 1.29 is 38.2 Å². The minimum atomic E-state index is -0.875. The van der Waals surface area contributed by atoms with Gasteiger partial charge in [0.1, 0.15) is 6.61 Å². The fraction of sp³-hybridized carbons (Fsp3) is 0.865. The van der Waals surface area contributed by atoms with Gasteiger partial charge in [0.25, 0.3) is 0 Å². The Morgan fingerprint density at radius 2 is 0.867 bits per heavy atom. The number of likely N-dealkylation sites (N-methyl/N-ethyl adjacent to an activating group) is 1. The van der Waals surface area contributed by atoms with E-state index in [0.29, 0.717) is 19.3 Å². The van der Waals surface area contributed by atoms with E-state index >= 15 is 0 Å². The molecule has 0 fully saturated rings. The molecule has 0 radical (unpaired) electrons. The number of aliphatic carboxylic acids is 1. The van der Waals surface area contributed by atoms with E-state index in [9.17, 15) is 19.5 Å². The normalized spacial score (nSPS) is 13.0. The van der Waals surface area contributed by atoms with Gasteiger partial charge in [0.05, 0.1) is 34.4 Å². The summed E-state index contributed by atoms with van der Waals surface area (Å²) < 4.78 is 17.3. The van der Waals surface area contributed by atoms with Crippen molar-refractivity contribution in [3.05, 3.63) is 24.3 Å². The van der Waals surface area contributed by atoms with Crippen LogP contribution in [0.15, 0.2) is 24.3 Å². The molecule has 0 saturated carbocycles. The average molecular weight is 849 g/mol. The molecule has 0 aliphatic heterocycles. The van der Waals surface area contributed by atoms with Gasteiger partial charge in [-0.05, 0) is 38.5 Å². The maximum absolute atomic E-state index is 12.8. The van der Waals surface area contributed by atoms with Crippen LogP contribution in [0.4, 0.5) is 0 Å². The molecule has 8 nitrogen and oxygen atoms in total. The second-order valence-electron chi connectivity index (χ2n) is 18.5. The topological polar surface area (TPSA) is 99.1 Å². The van der Waals surface area contributed by atoms with Crippen molar-refractivity contribution in [1.82, 2.24) is 0 Å². The monoisotopic (exact) mass is 849 g/mol. The summed E-state index contributed by atoms with van der Waals surface area (Å²) in [6.07, 6.45) is 49.4. The number of esters is 2. The van der Waals surface area contributed by atoms with Gasteiger partial charge in [0.15, 0.2) is 12.1 Å². The van der Waals surface area contributed by atoms with Crippen LogP contribution in [-0.2, 0) is 28.6 Å². The van der Waals surface area contributed by atoms with Crippen molar-refractivity contribution >= 4 is 17.9 Å². The lowest BCUT2D eigenvalue weighted by atomic mass is 10.0. The van der Waals surface area contributed by atoms with Gasteiger partial charge in [-0.3, -0.25) is 9.59 Å². The average Bonchev–Trinajstić information content (AvgIpc) is 3.21. The van der Waals surface area contributed by atoms with Crippen LogP contribution in [0.1, 0.15) is 239 Å². The third-order valence-electron chi connectivity index (χ3n) is 11.6. The summed E-state index contributed by atoms with van der Waals surface area (Å²) in [4.78, 5) is 37.1. The number of carbonyl (C=O) groups is 3.